The van der Waals surface area contributed by atoms with Gasteiger partial charge in [0.25, 0.3) is 0 Å². The predicted molar refractivity (Wildman–Crippen MR) is 98.7 cm³/mol. The van der Waals surface area contributed by atoms with Gasteiger partial charge in [-0.2, -0.15) is 5.10 Å². The summed E-state index contributed by atoms with van der Waals surface area (Å²) in [6.45, 7) is 9.13. The van der Waals surface area contributed by atoms with Gasteiger partial charge in [0.05, 0.1) is 12.3 Å². The first-order valence-corrected chi connectivity index (χ1v) is 8.92. The normalized spacial score (nSPS) is 15.3. The molecular formula is C19H23N5O2. The second kappa shape index (κ2) is 6.92. The molecule has 3 aromatic rings. The number of ether oxygens (including phenoxy) is 1. The highest BCUT2D eigenvalue weighted by Gasteiger charge is 2.18. The maximum atomic E-state index is 5.77. The van der Waals surface area contributed by atoms with Gasteiger partial charge in [-0.05, 0) is 45.4 Å². The molecule has 0 radical (unpaired) electrons. The van der Waals surface area contributed by atoms with E-state index >= 15 is 0 Å². The second-order valence-corrected chi connectivity index (χ2v) is 6.61. The summed E-state index contributed by atoms with van der Waals surface area (Å²) in [6, 6.07) is 7.86. The minimum Gasteiger partial charge on any atom is -0.458 e. The van der Waals surface area contributed by atoms with E-state index in [9.17, 15) is 0 Å². The SMILES string of the molecule is Cc1cc(C)n(-c2cc(N3CCCOCC3)nc(-c3ccc(C)o3)n2)n1. The Morgan fingerprint density at radius 2 is 1.81 bits per heavy atom. The summed E-state index contributed by atoms with van der Waals surface area (Å²) in [5, 5.41) is 4.58. The number of aryl methyl sites for hydroxylation is 3. The van der Waals surface area contributed by atoms with E-state index in [1.165, 1.54) is 0 Å². The molecular weight excluding hydrogens is 330 g/mol. The largest absolute Gasteiger partial charge is 0.458 e. The van der Waals surface area contributed by atoms with Crippen molar-refractivity contribution in [1.82, 2.24) is 19.7 Å². The number of rotatable bonds is 3. The Morgan fingerprint density at radius 1 is 0.962 bits per heavy atom. The minimum absolute atomic E-state index is 0.573. The molecule has 0 saturated carbocycles. The van der Waals surface area contributed by atoms with Crippen LogP contribution in [-0.4, -0.2) is 46.1 Å². The summed E-state index contributed by atoms with van der Waals surface area (Å²) in [7, 11) is 0. The van der Waals surface area contributed by atoms with Crippen molar-refractivity contribution in [2.45, 2.75) is 27.2 Å². The molecule has 7 heteroatoms. The molecule has 0 aliphatic carbocycles. The van der Waals surface area contributed by atoms with Crippen molar-refractivity contribution in [3.63, 3.8) is 0 Å². The van der Waals surface area contributed by atoms with Gasteiger partial charge in [-0.3, -0.25) is 0 Å². The van der Waals surface area contributed by atoms with E-state index in [2.05, 4.69) is 10.00 Å². The van der Waals surface area contributed by atoms with Crippen molar-refractivity contribution in [1.29, 1.82) is 0 Å². The molecule has 1 aliphatic rings. The van der Waals surface area contributed by atoms with Crippen LogP contribution in [0.15, 0.2) is 28.7 Å². The van der Waals surface area contributed by atoms with Crippen LogP contribution in [-0.2, 0) is 4.74 Å². The van der Waals surface area contributed by atoms with Crippen LogP contribution in [0.1, 0.15) is 23.6 Å². The van der Waals surface area contributed by atoms with Crippen molar-refractivity contribution in [2.24, 2.45) is 0 Å². The molecule has 1 aliphatic heterocycles. The van der Waals surface area contributed by atoms with Gasteiger partial charge in [-0.15, -0.1) is 0 Å². The maximum absolute atomic E-state index is 5.77. The number of aromatic nitrogens is 4. The molecule has 0 bridgehead atoms. The number of nitrogens with zero attached hydrogens (tertiary/aromatic N) is 5. The second-order valence-electron chi connectivity index (χ2n) is 6.61. The Kier molecular flexibility index (Phi) is 4.46. The summed E-state index contributed by atoms with van der Waals surface area (Å²) in [6.07, 6.45) is 0.981. The van der Waals surface area contributed by atoms with Crippen molar-refractivity contribution in [3.05, 3.63) is 41.4 Å². The lowest BCUT2D eigenvalue weighted by atomic mass is 10.3. The molecule has 1 saturated heterocycles. The highest BCUT2D eigenvalue weighted by molar-refractivity contribution is 5.55. The van der Waals surface area contributed by atoms with Gasteiger partial charge in [0, 0.05) is 31.5 Å². The monoisotopic (exact) mass is 353 g/mol. The number of hydrogen-bond donors (Lipinski definition) is 0. The molecule has 0 amide bonds. The van der Waals surface area contributed by atoms with Crippen molar-refractivity contribution < 1.29 is 9.15 Å². The van der Waals surface area contributed by atoms with E-state index in [0.29, 0.717) is 18.2 Å². The number of anilines is 1. The summed E-state index contributed by atoms with van der Waals surface area (Å²) in [4.78, 5) is 11.7. The van der Waals surface area contributed by atoms with Crippen LogP contribution < -0.4 is 4.90 Å². The Hall–Kier alpha value is -2.67. The van der Waals surface area contributed by atoms with Crippen LogP contribution in [0.4, 0.5) is 5.82 Å². The predicted octanol–water partition coefficient (Wildman–Crippen LogP) is 3.07. The fraction of sp³-hybridized carbons (Fsp3) is 0.421. The van der Waals surface area contributed by atoms with Gasteiger partial charge in [0.15, 0.2) is 17.4 Å². The Balaban J connectivity index is 1.82. The summed E-state index contributed by atoms with van der Waals surface area (Å²) >= 11 is 0. The average Bonchev–Trinajstić information content (AvgIpc) is 3.08. The zero-order valence-corrected chi connectivity index (χ0v) is 15.4. The summed E-state index contributed by atoms with van der Waals surface area (Å²) in [5.74, 6) is 3.69. The third kappa shape index (κ3) is 3.35. The van der Waals surface area contributed by atoms with E-state index < -0.39 is 0 Å². The third-order valence-electron chi connectivity index (χ3n) is 4.43. The van der Waals surface area contributed by atoms with Crippen molar-refractivity contribution in [3.8, 4) is 17.4 Å². The summed E-state index contributed by atoms with van der Waals surface area (Å²) < 4.78 is 13.2. The molecule has 0 atom stereocenters. The highest BCUT2D eigenvalue weighted by Crippen LogP contribution is 2.25. The average molecular weight is 353 g/mol. The smallest absolute Gasteiger partial charge is 0.199 e. The zero-order chi connectivity index (χ0) is 18.1. The van der Waals surface area contributed by atoms with Gasteiger partial charge in [-0.25, -0.2) is 14.6 Å². The van der Waals surface area contributed by atoms with Gasteiger partial charge in [0.2, 0.25) is 0 Å². The van der Waals surface area contributed by atoms with Crippen LogP contribution >= 0.6 is 0 Å². The summed E-state index contributed by atoms with van der Waals surface area (Å²) in [5.41, 5.74) is 1.99. The van der Waals surface area contributed by atoms with Crippen LogP contribution in [0.5, 0.6) is 0 Å². The standard InChI is InChI=1S/C19H23N5O2/c1-13-11-14(2)24(22-13)18-12-17(23-7-4-9-25-10-8-23)20-19(21-18)16-6-5-15(3)26-16/h5-6,11-12H,4,7-10H2,1-3H3. The van der Waals surface area contributed by atoms with Crippen LogP contribution in [0.2, 0.25) is 0 Å². The first kappa shape index (κ1) is 16.8. The van der Waals surface area contributed by atoms with Gasteiger partial charge >= 0.3 is 0 Å². The molecule has 4 rings (SSSR count). The molecule has 136 valence electrons. The lowest BCUT2D eigenvalue weighted by Gasteiger charge is -2.21. The first-order valence-electron chi connectivity index (χ1n) is 8.92. The Bertz CT molecular complexity index is 907. The molecule has 0 unspecified atom stereocenters. The van der Waals surface area contributed by atoms with Crippen LogP contribution in [0.25, 0.3) is 17.4 Å². The fourth-order valence-corrected chi connectivity index (χ4v) is 3.19. The van der Waals surface area contributed by atoms with Crippen LogP contribution in [0, 0.1) is 20.8 Å². The lowest BCUT2D eigenvalue weighted by molar-refractivity contribution is 0.152. The quantitative estimate of drug-likeness (QED) is 0.721. The van der Waals surface area contributed by atoms with Crippen LogP contribution in [0.3, 0.4) is 0 Å². The lowest BCUT2D eigenvalue weighted by Crippen LogP contribution is -2.27. The Morgan fingerprint density at radius 3 is 2.54 bits per heavy atom. The molecule has 7 nitrogen and oxygen atoms in total. The molecule has 3 aromatic heterocycles. The van der Waals surface area contributed by atoms with Crippen molar-refractivity contribution >= 4 is 5.82 Å². The molecule has 1 fully saturated rings. The highest BCUT2D eigenvalue weighted by atomic mass is 16.5. The van der Waals surface area contributed by atoms with E-state index in [1.54, 1.807) is 0 Å². The van der Waals surface area contributed by atoms with E-state index in [4.69, 9.17) is 19.1 Å². The molecule has 26 heavy (non-hydrogen) atoms. The maximum Gasteiger partial charge on any atom is 0.199 e. The molecule has 0 spiro atoms. The van der Waals surface area contributed by atoms with Crippen molar-refractivity contribution in [2.75, 3.05) is 31.2 Å². The molecule has 0 N–H and O–H groups in total. The van der Waals surface area contributed by atoms with Gasteiger partial charge < -0.3 is 14.1 Å². The topological polar surface area (TPSA) is 69.2 Å². The van der Waals surface area contributed by atoms with E-state index in [1.807, 2.05) is 49.7 Å². The van der Waals surface area contributed by atoms with E-state index in [0.717, 1.165) is 54.9 Å². The van der Waals surface area contributed by atoms with E-state index in [-0.39, 0.29) is 0 Å². The number of hydrogen-bond acceptors (Lipinski definition) is 6. The number of furan rings is 1. The van der Waals surface area contributed by atoms with Gasteiger partial charge in [0.1, 0.15) is 11.6 Å². The molecule has 4 heterocycles. The third-order valence-corrected chi connectivity index (χ3v) is 4.43. The Labute approximate surface area is 152 Å². The first-order chi connectivity index (χ1) is 12.6. The molecule has 0 aromatic carbocycles. The fourth-order valence-electron chi connectivity index (χ4n) is 3.19. The minimum atomic E-state index is 0.573. The van der Waals surface area contributed by atoms with Gasteiger partial charge in [-0.1, -0.05) is 0 Å². The zero-order valence-electron chi connectivity index (χ0n) is 15.4.